The van der Waals surface area contributed by atoms with Gasteiger partial charge in [0.15, 0.2) is 0 Å². The largest absolute Gasteiger partial charge is 0.473 e. The predicted molar refractivity (Wildman–Crippen MR) is 90.4 cm³/mol. The Kier molecular flexibility index (Phi) is 8.21. The molecule has 1 saturated heterocycles. The third-order valence-corrected chi connectivity index (χ3v) is 3.99. The molecule has 0 bridgehead atoms. The van der Waals surface area contributed by atoms with Gasteiger partial charge >= 0.3 is 11.9 Å². The molecule has 1 aromatic carbocycles. The second kappa shape index (κ2) is 9.89. The lowest BCUT2D eigenvalue weighted by atomic mass is 10.2. The van der Waals surface area contributed by atoms with Gasteiger partial charge in [-0.15, -0.1) is 0 Å². The van der Waals surface area contributed by atoms with Crippen LogP contribution in [-0.4, -0.2) is 52.6 Å². The van der Waals surface area contributed by atoms with E-state index in [0.717, 1.165) is 30.9 Å². The first-order valence-corrected chi connectivity index (χ1v) is 7.92. The maximum Gasteiger partial charge on any atom is 0.414 e. The molecule has 0 radical (unpaired) electrons. The van der Waals surface area contributed by atoms with Crippen molar-refractivity contribution >= 4 is 35.1 Å². The normalized spacial score (nSPS) is 13.8. The van der Waals surface area contributed by atoms with Crippen molar-refractivity contribution in [1.82, 2.24) is 4.90 Å². The van der Waals surface area contributed by atoms with Crippen LogP contribution >= 0.6 is 11.6 Å². The quantitative estimate of drug-likeness (QED) is 0.714. The van der Waals surface area contributed by atoms with Crippen LogP contribution in [0.2, 0.25) is 5.02 Å². The molecule has 1 aromatic rings. The summed E-state index contributed by atoms with van der Waals surface area (Å²) in [4.78, 5) is 32.4. The zero-order chi connectivity index (χ0) is 18.1. The number of aliphatic carboxylic acids is 2. The van der Waals surface area contributed by atoms with Gasteiger partial charge in [-0.3, -0.25) is 4.79 Å². The SMILES string of the molecule is Cc1c(Cl)cccc1NC(=O)CCN1CCCC1.O=C(O)C(=O)O. The Morgan fingerprint density at radius 2 is 1.75 bits per heavy atom. The number of benzene rings is 1. The number of carbonyl (C=O) groups excluding carboxylic acids is 1. The third-order valence-electron chi connectivity index (χ3n) is 3.58. The second-order valence-corrected chi connectivity index (χ2v) is 5.78. The Labute approximate surface area is 145 Å². The van der Waals surface area contributed by atoms with Crippen LogP contribution in [0.3, 0.4) is 0 Å². The fourth-order valence-corrected chi connectivity index (χ4v) is 2.40. The average Bonchev–Trinajstić information content (AvgIpc) is 3.04. The van der Waals surface area contributed by atoms with Gasteiger partial charge in [-0.2, -0.15) is 0 Å². The molecule has 7 nitrogen and oxygen atoms in total. The third kappa shape index (κ3) is 6.97. The van der Waals surface area contributed by atoms with Crippen LogP contribution in [0, 0.1) is 6.92 Å². The van der Waals surface area contributed by atoms with Crippen LogP contribution in [0.5, 0.6) is 0 Å². The van der Waals surface area contributed by atoms with Crippen LogP contribution in [0.4, 0.5) is 5.69 Å². The summed E-state index contributed by atoms with van der Waals surface area (Å²) in [5, 5.41) is 18.4. The minimum Gasteiger partial charge on any atom is -0.473 e. The summed E-state index contributed by atoms with van der Waals surface area (Å²) in [7, 11) is 0. The predicted octanol–water partition coefficient (Wildman–Crippen LogP) is 2.23. The van der Waals surface area contributed by atoms with Crippen LogP contribution in [-0.2, 0) is 14.4 Å². The first-order valence-electron chi connectivity index (χ1n) is 7.54. The Morgan fingerprint density at radius 3 is 2.29 bits per heavy atom. The van der Waals surface area contributed by atoms with Gasteiger partial charge in [0.05, 0.1) is 0 Å². The van der Waals surface area contributed by atoms with Gasteiger partial charge in [0, 0.05) is 23.7 Å². The molecule has 1 aliphatic heterocycles. The van der Waals surface area contributed by atoms with E-state index in [-0.39, 0.29) is 5.91 Å². The van der Waals surface area contributed by atoms with Crippen molar-refractivity contribution in [2.45, 2.75) is 26.2 Å². The van der Waals surface area contributed by atoms with E-state index in [4.69, 9.17) is 31.4 Å². The Balaban J connectivity index is 0.000000413. The van der Waals surface area contributed by atoms with Gasteiger partial charge in [-0.25, -0.2) is 9.59 Å². The molecule has 0 spiro atoms. The van der Waals surface area contributed by atoms with Crippen molar-refractivity contribution in [2.75, 3.05) is 25.0 Å². The number of carboxylic acid groups (broad SMARTS) is 2. The number of rotatable bonds is 4. The standard InChI is InChI=1S/C14H19ClN2O.C2H2O4/c1-11-12(15)5-4-6-13(11)16-14(18)7-10-17-8-2-3-9-17;3-1(4)2(5)6/h4-6H,2-3,7-10H2,1H3,(H,16,18);(H,3,4)(H,5,6). The van der Waals surface area contributed by atoms with E-state index in [1.165, 1.54) is 12.8 Å². The molecule has 2 rings (SSSR count). The molecule has 0 aliphatic carbocycles. The van der Waals surface area contributed by atoms with E-state index in [1.807, 2.05) is 25.1 Å². The van der Waals surface area contributed by atoms with E-state index in [9.17, 15) is 4.79 Å². The van der Waals surface area contributed by atoms with E-state index < -0.39 is 11.9 Å². The molecular weight excluding hydrogens is 336 g/mol. The molecular formula is C16H21ClN2O5. The monoisotopic (exact) mass is 356 g/mol. The summed E-state index contributed by atoms with van der Waals surface area (Å²) in [6, 6.07) is 5.57. The number of halogens is 1. The molecule has 24 heavy (non-hydrogen) atoms. The maximum absolute atomic E-state index is 11.9. The van der Waals surface area contributed by atoms with Gasteiger partial charge in [0.2, 0.25) is 5.91 Å². The number of carboxylic acids is 2. The summed E-state index contributed by atoms with van der Waals surface area (Å²) in [6.07, 6.45) is 3.07. The minimum absolute atomic E-state index is 0.0623. The molecule has 3 N–H and O–H groups in total. The molecule has 0 saturated carbocycles. The summed E-state index contributed by atoms with van der Waals surface area (Å²) in [6.45, 7) is 5.02. The summed E-state index contributed by atoms with van der Waals surface area (Å²) >= 11 is 6.02. The minimum atomic E-state index is -1.82. The highest BCUT2D eigenvalue weighted by Crippen LogP contribution is 2.23. The molecule has 0 unspecified atom stereocenters. The summed E-state index contributed by atoms with van der Waals surface area (Å²) in [5.74, 6) is -3.59. The molecule has 1 aliphatic rings. The van der Waals surface area contributed by atoms with Crippen LogP contribution in [0.1, 0.15) is 24.8 Å². The van der Waals surface area contributed by atoms with E-state index >= 15 is 0 Å². The molecule has 1 fully saturated rings. The summed E-state index contributed by atoms with van der Waals surface area (Å²) in [5.41, 5.74) is 1.74. The van der Waals surface area contributed by atoms with E-state index in [2.05, 4.69) is 10.2 Å². The zero-order valence-electron chi connectivity index (χ0n) is 13.4. The highest BCUT2D eigenvalue weighted by Gasteiger charge is 2.13. The number of hydrogen-bond donors (Lipinski definition) is 3. The first kappa shape index (κ1) is 19.9. The van der Waals surface area contributed by atoms with Crippen LogP contribution in [0.15, 0.2) is 18.2 Å². The van der Waals surface area contributed by atoms with Crippen molar-refractivity contribution in [1.29, 1.82) is 0 Å². The topological polar surface area (TPSA) is 107 Å². The lowest BCUT2D eigenvalue weighted by molar-refractivity contribution is -0.159. The lowest BCUT2D eigenvalue weighted by Gasteiger charge is -2.14. The molecule has 132 valence electrons. The summed E-state index contributed by atoms with van der Waals surface area (Å²) < 4.78 is 0. The van der Waals surface area contributed by atoms with E-state index in [0.29, 0.717) is 11.4 Å². The molecule has 1 amide bonds. The number of anilines is 1. The average molecular weight is 357 g/mol. The van der Waals surface area contributed by atoms with Crippen molar-refractivity contribution in [3.05, 3.63) is 28.8 Å². The lowest BCUT2D eigenvalue weighted by Crippen LogP contribution is -2.25. The molecule has 1 heterocycles. The number of likely N-dealkylation sites (tertiary alicyclic amines) is 1. The molecule has 8 heteroatoms. The fourth-order valence-electron chi connectivity index (χ4n) is 2.22. The Bertz CT molecular complexity index is 588. The van der Waals surface area contributed by atoms with Crippen molar-refractivity contribution in [3.8, 4) is 0 Å². The van der Waals surface area contributed by atoms with Gasteiger partial charge in [-0.05, 0) is 50.6 Å². The first-order chi connectivity index (χ1) is 11.3. The Hall–Kier alpha value is -2.12. The Morgan fingerprint density at radius 1 is 1.17 bits per heavy atom. The number of carbonyl (C=O) groups is 3. The van der Waals surface area contributed by atoms with Crippen molar-refractivity contribution in [2.24, 2.45) is 0 Å². The highest BCUT2D eigenvalue weighted by molar-refractivity contribution is 6.31. The molecule has 0 atom stereocenters. The van der Waals surface area contributed by atoms with Crippen molar-refractivity contribution < 1.29 is 24.6 Å². The fraction of sp³-hybridized carbons (Fsp3) is 0.438. The van der Waals surface area contributed by atoms with Crippen molar-refractivity contribution in [3.63, 3.8) is 0 Å². The van der Waals surface area contributed by atoms with Gasteiger partial charge in [0.1, 0.15) is 0 Å². The smallest absolute Gasteiger partial charge is 0.414 e. The van der Waals surface area contributed by atoms with Crippen LogP contribution < -0.4 is 5.32 Å². The number of hydrogen-bond acceptors (Lipinski definition) is 4. The van der Waals surface area contributed by atoms with Gasteiger partial charge in [0.25, 0.3) is 0 Å². The second-order valence-electron chi connectivity index (χ2n) is 5.37. The number of nitrogens with zero attached hydrogens (tertiary/aromatic N) is 1. The maximum atomic E-state index is 11.9. The van der Waals surface area contributed by atoms with Gasteiger partial charge < -0.3 is 20.4 Å². The highest BCUT2D eigenvalue weighted by atomic mass is 35.5. The van der Waals surface area contributed by atoms with Gasteiger partial charge in [-0.1, -0.05) is 17.7 Å². The van der Waals surface area contributed by atoms with Crippen LogP contribution in [0.25, 0.3) is 0 Å². The number of nitrogens with one attached hydrogen (secondary N) is 1. The number of amides is 1. The van der Waals surface area contributed by atoms with E-state index in [1.54, 1.807) is 0 Å². The molecule has 0 aromatic heterocycles. The zero-order valence-corrected chi connectivity index (χ0v) is 14.2.